The fourth-order valence-electron chi connectivity index (χ4n) is 3.34. The van der Waals surface area contributed by atoms with Crippen LogP contribution >= 0.6 is 12.4 Å². The summed E-state index contributed by atoms with van der Waals surface area (Å²) in [7, 11) is -3.54. The van der Waals surface area contributed by atoms with E-state index in [2.05, 4.69) is 10.5 Å². The minimum absolute atomic E-state index is 0. The highest BCUT2D eigenvalue weighted by Gasteiger charge is 2.32. The zero-order valence-electron chi connectivity index (χ0n) is 14.5. The van der Waals surface area contributed by atoms with Gasteiger partial charge in [0.25, 0.3) is 0 Å². The Morgan fingerprint density at radius 2 is 1.85 bits per heavy atom. The fourth-order valence-corrected chi connectivity index (χ4v) is 5.01. The molecular weight excluding hydrogens is 374 g/mol. The van der Waals surface area contributed by atoms with Gasteiger partial charge in [-0.3, -0.25) is 0 Å². The molecule has 1 N–H and O–H groups in total. The first-order chi connectivity index (χ1) is 12.1. The smallest absolute Gasteiger partial charge is 0.243 e. The quantitative estimate of drug-likeness (QED) is 0.811. The predicted octanol–water partition coefficient (Wildman–Crippen LogP) is 2.92. The first kappa shape index (κ1) is 19.4. The molecule has 1 saturated carbocycles. The molecule has 2 heterocycles. The Kier molecular flexibility index (Phi) is 6.02. The lowest BCUT2D eigenvalue weighted by molar-refractivity contribution is 0.288. The van der Waals surface area contributed by atoms with E-state index < -0.39 is 10.0 Å². The molecule has 2 aliphatic rings. The molecule has 4 rings (SSSR count). The topological polar surface area (TPSA) is 75.4 Å². The van der Waals surface area contributed by atoms with Crippen LogP contribution in [0, 0.1) is 5.92 Å². The van der Waals surface area contributed by atoms with Gasteiger partial charge < -0.3 is 9.84 Å². The van der Waals surface area contributed by atoms with Gasteiger partial charge in [-0.1, -0.05) is 17.3 Å². The number of hydrogen-bond donors (Lipinski definition) is 1. The second kappa shape index (κ2) is 8.08. The lowest BCUT2D eigenvalue weighted by Crippen LogP contribution is -2.45. The summed E-state index contributed by atoms with van der Waals surface area (Å²) in [6, 6.07) is 9.07. The molecule has 2 fully saturated rings. The largest absolute Gasteiger partial charge is 0.356 e. The molecule has 6 nitrogen and oxygen atoms in total. The van der Waals surface area contributed by atoms with Gasteiger partial charge >= 0.3 is 0 Å². The number of halogens is 1. The van der Waals surface area contributed by atoms with Crippen molar-refractivity contribution < 1.29 is 12.9 Å². The minimum atomic E-state index is -3.54. The predicted molar refractivity (Wildman–Crippen MR) is 102 cm³/mol. The highest BCUT2D eigenvalue weighted by molar-refractivity contribution is 7.89. The normalized spacial score (nSPS) is 19.2. The Hall–Kier alpha value is -1.41. The highest BCUT2D eigenvalue weighted by atomic mass is 35.5. The van der Waals surface area contributed by atoms with Crippen LogP contribution in [0.4, 0.5) is 0 Å². The monoisotopic (exact) mass is 397 g/mol. The lowest BCUT2D eigenvalue weighted by atomic mass is 10.1. The Labute approximate surface area is 160 Å². The van der Waals surface area contributed by atoms with Crippen molar-refractivity contribution in [3.05, 3.63) is 36.5 Å². The first-order valence-electron chi connectivity index (χ1n) is 8.88. The van der Waals surface area contributed by atoms with Crippen molar-refractivity contribution in [3.63, 3.8) is 0 Å². The van der Waals surface area contributed by atoms with Crippen molar-refractivity contribution in [1.82, 2.24) is 14.8 Å². The van der Waals surface area contributed by atoms with Crippen LogP contribution in [0.3, 0.4) is 0 Å². The lowest BCUT2D eigenvalue weighted by Gasteiger charge is -2.32. The molecule has 8 heteroatoms. The standard InChI is InChI=1S/C18H23N3O3S.ClH/c22-25(23,18-4-2-1-3-16(18)17-7-10-20-24-17)21-11-8-15(9-12-21)19-13-14-5-6-14;/h1-4,7,10,14-15,19H,5-6,8-9,11-13H2;1H. The molecule has 0 atom stereocenters. The van der Waals surface area contributed by atoms with Gasteiger partial charge in [-0.2, -0.15) is 4.31 Å². The molecule has 1 aliphatic carbocycles. The van der Waals surface area contributed by atoms with E-state index in [0.29, 0.717) is 30.5 Å². The third kappa shape index (κ3) is 4.11. The number of sulfonamides is 1. The van der Waals surface area contributed by atoms with Crippen molar-refractivity contribution in [3.8, 4) is 11.3 Å². The summed E-state index contributed by atoms with van der Waals surface area (Å²) in [5, 5.41) is 7.28. The number of nitrogens with one attached hydrogen (secondary N) is 1. The number of hydrogen-bond acceptors (Lipinski definition) is 5. The van der Waals surface area contributed by atoms with Gasteiger partial charge in [0.15, 0.2) is 5.76 Å². The molecule has 1 aromatic heterocycles. The van der Waals surface area contributed by atoms with Gasteiger partial charge in [0.05, 0.1) is 11.1 Å². The van der Waals surface area contributed by atoms with Gasteiger partial charge in [0.2, 0.25) is 10.0 Å². The third-order valence-electron chi connectivity index (χ3n) is 5.05. The summed E-state index contributed by atoms with van der Waals surface area (Å²) in [6.45, 7) is 2.18. The van der Waals surface area contributed by atoms with Crippen LogP contribution in [0.25, 0.3) is 11.3 Å². The molecule has 0 amide bonds. The number of benzene rings is 1. The molecule has 142 valence electrons. The van der Waals surface area contributed by atoms with Crippen molar-refractivity contribution in [2.45, 2.75) is 36.6 Å². The average Bonchev–Trinajstić information content (AvgIpc) is 3.31. The fraction of sp³-hybridized carbons (Fsp3) is 0.500. The van der Waals surface area contributed by atoms with Crippen molar-refractivity contribution in [2.24, 2.45) is 5.92 Å². The zero-order chi connectivity index (χ0) is 17.3. The molecule has 0 spiro atoms. The third-order valence-corrected chi connectivity index (χ3v) is 7.01. The van der Waals surface area contributed by atoms with Gasteiger partial charge in [-0.25, -0.2) is 8.42 Å². The molecule has 0 unspecified atom stereocenters. The molecule has 1 aromatic carbocycles. The van der Waals surface area contributed by atoms with Crippen LogP contribution in [0.15, 0.2) is 45.9 Å². The van der Waals surface area contributed by atoms with Crippen LogP contribution in [0.5, 0.6) is 0 Å². The highest BCUT2D eigenvalue weighted by Crippen LogP contribution is 2.31. The van der Waals surface area contributed by atoms with Gasteiger partial charge in [0, 0.05) is 30.8 Å². The van der Waals surface area contributed by atoms with Crippen LogP contribution < -0.4 is 5.32 Å². The molecule has 1 aliphatic heterocycles. The van der Waals surface area contributed by atoms with Gasteiger partial charge in [-0.15, -0.1) is 12.4 Å². The van der Waals surface area contributed by atoms with Crippen LogP contribution in [0.1, 0.15) is 25.7 Å². The summed E-state index contributed by atoms with van der Waals surface area (Å²) in [6.07, 6.45) is 5.90. The Morgan fingerprint density at radius 1 is 1.12 bits per heavy atom. The maximum absolute atomic E-state index is 13.1. The summed E-state index contributed by atoms with van der Waals surface area (Å²) in [4.78, 5) is 0.288. The van der Waals surface area contributed by atoms with Gasteiger partial charge in [0.1, 0.15) is 0 Å². The molecule has 0 radical (unpaired) electrons. The average molecular weight is 398 g/mol. The van der Waals surface area contributed by atoms with E-state index in [1.807, 2.05) is 6.07 Å². The summed E-state index contributed by atoms with van der Waals surface area (Å²) in [5.41, 5.74) is 0.564. The van der Waals surface area contributed by atoms with E-state index in [-0.39, 0.29) is 17.3 Å². The maximum atomic E-state index is 13.1. The SMILES string of the molecule is Cl.O=S(=O)(c1ccccc1-c1ccno1)N1CCC(NCC2CC2)CC1. The molecule has 2 aromatic rings. The molecular formula is C18H24ClN3O3S. The maximum Gasteiger partial charge on any atom is 0.243 e. The number of nitrogens with zero attached hydrogens (tertiary/aromatic N) is 2. The number of piperidine rings is 1. The second-order valence-electron chi connectivity index (χ2n) is 6.90. The Balaban J connectivity index is 0.00000196. The zero-order valence-corrected chi connectivity index (χ0v) is 16.1. The summed E-state index contributed by atoms with van der Waals surface area (Å²) < 4.78 is 33.0. The van der Waals surface area contributed by atoms with E-state index in [1.54, 1.807) is 28.6 Å². The Morgan fingerprint density at radius 3 is 2.50 bits per heavy atom. The minimum Gasteiger partial charge on any atom is -0.356 e. The van der Waals surface area contributed by atoms with E-state index in [9.17, 15) is 8.42 Å². The first-order valence-corrected chi connectivity index (χ1v) is 10.3. The van der Waals surface area contributed by atoms with Gasteiger partial charge in [-0.05, 0) is 50.3 Å². The van der Waals surface area contributed by atoms with E-state index in [4.69, 9.17) is 4.52 Å². The van der Waals surface area contributed by atoms with E-state index in [1.165, 1.54) is 19.0 Å². The molecule has 26 heavy (non-hydrogen) atoms. The summed E-state index contributed by atoms with van der Waals surface area (Å²) in [5.74, 6) is 1.32. The molecule has 0 bridgehead atoms. The van der Waals surface area contributed by atoms with Crippen LogP contribution in [-0.2, 0) is 10.0 Å². The van der Waals surface area contributed by atoms with E-state index in [0.717, 1.165) is 25.3 Å². The summed E-state index contributed by atoms with van der Waals surface area (Å²) >= 11 is 0. The molecule has 1 saturated heterocycles. The van der Waals surface area contributed by atoms with Crippen molar-refractivity contribution >= 4 is 22.4 Å². The number of rotatable bonds is 6. The number of aromatic nitrogens is 1. The van der Waals surface area contributed by atoms with Crippen molar-refractivity contribution in [1.29, 1.82) is 0 Å². The second-order valence-corrected chi connectivity index (χ2v) is 8.81. The van der Waals surface area contributed by atoms with E-state index >= 15 is 0 Å². The van der Waals surface area contributed by atoms with Crippen molar-refractivity contribution in [2.75, 3.05) is 19.6 Å². The Bertz CT molecular complexity index is 814. The van der Waals surface area contributed by atoms with Crippen LogP contribution in [-0.4, -0.2) is 43.6 Å². The van der Waals surface area contributed by atoms with Crippen LogP contribution in [0.2, 0.25) is 0 Å².